The van der Waals surface area contributed by atoms with Crippen LogP contribution in [0.15, 0.2) is 24.3 Å². The standard InChI is InChI=1S/C17H23ClN6O.ClH/c1-3-15(17(25)23-9-8-12(11-23)10-19-2)24-21-16(20-22-24)13-4-6-14(18)7-5-13;/h4-7,12,15,19H,3,8-11H2,1-2H3;1H. The Labute approximate surface area is 164 Å². The van der Waals surface area contributed by atoms with Gasteiger partial charge in [-0.25, -0.2) is 0 Å². The molecule has 1 saturated heterocycles. The van der Waals surface area contributed by atoms with Crippen molar-refractivity contribution in [2.75, 3.05) is 26.7 Å². The van der Waals surface area contributed by atoms with Crippen LogP contribution in [0, 0.1) is 5.92 Å². The Bertz CT molecular complexity index is 720. The molecule has 9 heteroatoms. The summed E-state index contributed by atoms with van der Waals surface area (Å²) in [7, 11) is 1.94. The predicted molar refractivity (Wildman–Crippen MR) is 103 cm³/mol. The fourth-order valence-corrected chi connectivity index (χ4v) is 3.33. The average Bonchev–Trinajstić information content (AvgIpc) is 3.26. The van der Waals surface area contributed by atoms with Crippen LogP contribution in [0.2, 0.25) is 5.02 Å². The van der Waals surface area contributed by atoms with Gasteiger partial charge in [0.05, 0.1) is 0 Å². The van der Waals surface area contributed by atoms with Crippen molar-refractivity contribution in [1.29, 1.82) is 0 Å². The fraction of sp³-hybridized carbons (Fsp3) is 0.529. The van der Waals surface area contributed by atoms with Gasteiger partial charge in [-0.1, -0.05) is 18.5 Å². The van der Waals surface area contributed by atoms with E-state index in [1.807, 2.05) is 31.0 Å². The van der Waals surface area contributed by atoms with Gasteiger partial charge in [0.1, 0.15) is 0 Å². The van der Waals surface area contributed by atoms with Crippen LogP contribution in [0.3, 0.4) is 0 Å². The van der Waals surface area contributed by atoms with E-state index < -0.39 is 6.04 Å². The van der Waals surface area contributed by atoms with Crippen molar-refractivity contribution in [2.24, 2.45) is 5.92 Å². The minimum Gasteiger partial charge on any atom is -0.340 e. The molecule has 1 N–H and O–H groups in total. The maximum absolute atomic E-state index is 12.9. The number of hydrogen-bond acceptors (Lipinski definition) is 5. The van der Waals surface area contributed by atoms with E-state index in [2.05, 4.69) is 20.7 Å². The number of nitrogens with one attached hydrogen (secondary N) is 1. The second-order valence-electron chi connectivity index (χ2n) is 6.36. The van der Waals surface area contributed by atoms with Gasteiger partial charge in [0.15, 0.2) is 6.04 Å². The van der Waals surface area contributed by atoms with Crippen molar-refractivity contribution in [3.8, 4) is 11.4 Å². The van der Waals surface area contributed by atoms with Crippen LogP contribution in [0.1, 0.15) is 25.8 Å². The first-order chi connectivity index (χ1) is 12.1. The Morgan fingerprint density at radius 1 is 1.38 bits per heavy atom. The molecule has 3 rings (SSSR count). The molecular weight excluding hydrogens is 375 g/mol. The monoisotopic (exact) mass is 398 g/mol. The van der Waals surface area contributed by atoms with Crippen LogP contribution >= 0.6 is 24.0 Å². The zero-order chi connectivity index (χ0) is 17.8. The number of likely N-dealkylation sites (tertiary alicyclic amines) is 1. The van der Waals surface area contributed by atoms with Crippen LogP contribution in [-0.2, 0) is 4.79 Å². The van der Waals surface area contributed by atoms with Crippen molar-refractivity contribution in [2.45, 2.75) is 25.8 Å². The van der Waals surface area contributed by atoms with Gasteiger partial charge in [-0.05, 0) is 61.8 Å². The highest BCUT2D eigenvalue weighted by Gasteiger charge is 2.32. The number of rotatable bonds is 6. The van der Waals surface area contributed by atoms with Crippen LogP contribution < -0.4 is 5.32 Å². The molecule has 0 radical (unpaired) electrons. The molecule has 2 atom stereocenters. The summed E-state index contributed by atoms with van der Waals surface area (Å²) >= 11 is 5.91. The van der Waals surface area contributed by atoms with Gasteiger partial charge >= 0.3 is 0 Å². The molecule has 0 spiro atoms. The van der Waals surface area contributed by atoms with Crippen LogP contribution in [0.5, 0.6) is 0 Å². The third-order valence-electron chi connectivity index (χ3n) is 4.57. The topological polar surface area (TPSA) is 75.9 Å². The summed E-state index contributed by atoms with van der Waals surface area (Å²) < 4.78 is 0. The van der Waals surface area contributed by atoms with Gasteiger partial charge in [0, 0.05) is 23.7 Å². The van der Waals surface area contributed by atoms with E-state index >= 15 is 0 Å². The van der Waals surface area contributed by atoms with Crippen LogP contribution in [0.25, 0.3) is 11.4 Å². The molecule has 1 fully saturated rings. The van der Waals surface area contributed by atoms with Gasteiger partial charge in [-0.15, -0.1) is 22.6 Å². The Kier molecular flexibility index (Phi) is 7.37. The Morgan fingerprint density at radius 3 is 2.77 bits per heavy atom. The fourth-order valence-electron chi connectivity index (χ4n) is 3.21. The molecule has 0 bridgehead atoms. The third kappa shape index (κ3) is 4.52. The van der Waals surface area contributed by atoms with E-state index in [4.69, 9.17) is 11.6 Å². The molecule has 142 valence electrons. The summed E-state index contributed by atoms with van der Waals surface area (Å²) in [6, 6.07) is 6.84. The van der Waals surface area contributed by atoms with Gasteiger partial charge < -0.3 is 10.2 Å². The molecule has 0 saturated carbocycles. The highest BCUT2D eigenvalue weighted by molar-refractivity contribution is 6.30. The summed E-state index contributed by atoms with van der Waals surface area (Å²) in [5.41, 5.74) is 0.827. The van der Waals surface area contributed by atoms with E-state index in [0.717, 1.165) is 31.6 Å². The van der Waals surface area contributed by atoms with Crippen molar-refractivity contribution in [3.05, 3.63) is 29.3 Å². The minimum absolute atomic E-state index is 0. The number of halogens is 2. The number of benzene rings is 1. The molecule has 1 amide bonds. The second-order valence-corrected chi connectivity index (χ2v) is 6.80. The number of nitrogens with zero attached hydrogens (tertiary/aromatic N) is 5. The number of carbonyl (C=O) groups is 1. The lowest BCUT2D eigenvalue weighted by Crippen LogP contribution is -2.37. The average molecular weight is 399 g/mol. The van der Waals surface area contributed by atoms with Crippen LogP contribution in [-0.4, -0.2) is 57.7 Å². The van der Waals surface area contributed by atoms with E-state index in [0.29, 0.717) is 23.2 Å². The molecule has 0 aliphatic carbocycles. The molecule has 1 aromatic heterocycles. The highest BCUT2D eigenvalue weighted by atomic mass is 35.5. The highest BCUT2D eigenvalue weighted by Crippen LogP contribution is 2.22. The molecule has 2 aromatic rings. The molecule has 1 aliphatic heterocycles. The van der Waals surface area contributed by atoms with Crippen LogP contribution in [0.4, 0.5) is 0 Å². The molecule has 26 heavy (non-hydrogen) atoms. The number of aromatic nitrogens is 4. The maximum atomic E-state index is 12.9. The molecule has 2 heterocycles. The van der Waals surface area contributed by atoms with Gasteiger partial charge in [0.25, 0.3) is 0 Å². The molecule has 7 nitrogen and oxygen atoms in total. The first kappa shape index (κ1) is 20.6. The quantitative estimate of drug-likeness (QED) is 0.808. The molecule has 2 unspecified atom stereocenters. The summed E-state index contributed by atoms with van der Waals surface area (Å²) in [5.74, 6) is 1.08. The maximum Gasteiger partial charge on any atom is 0.249 e. The van der Waals surface area contributed by atoms with E-state index in [1.165, 1.54) is 4.80 Å². The minimum atomic E-state index is -0.415. The van der Waals surface area contributed by atoms with Gasteiger partial charge in [0.2, 0.25) is 11.7 Å². The van der Waals surface area contributed by atoms with Crippen molar-refractivity contribution >= 4 is 29.9 Å². The largest absolute Gasteiger partial charge is 0.340 e. The van der Waals surface area contributed by atoms with E-state index in [-0.39, 0.29) is 18.3 Å². The normalized spacial score (nSPS) is 17.8. The lowest BCUT2D eigenvalue weighted by molar-refractivity contribution is -0.134. The van der Waals surface area contributed by atoms with E-state index in [9.17, 15) is 4.79 Å². The second kappa shape index (κ2) is 9.30. The number of tetrazole rings is 1. The first-order valence-electron chi connectivity index (χ1n) is 8.61. The van der Waals surface area contributed by atoms with Crippen molar-refractivity contribution in [1.82, 2.24) is 30.4 Å². The van der Waals surface area contributed by atoms with Crippen molar-refractivity contribution < 1.29 is 4.79 Å². The zero-order valence-corrected chi connectivity index (χ0v) is 16.5. The number of carbonyl (C=O) groups excluding carboxylic acids is 1. The number of hydrogen-bond donors (Lipinski definition) is 1. The summed E-state index contributed by atoms with van der Waals surface area (Å²) in [4.78, 5) is 16.2. The Hall–Kier alpha value is -1.70. The predicted octanol–water partition coefficient (Wildman–Crippen LogP) is 2.43. The summed E-state index contributed by atoms with van der Waals surface area (Å²) in [5, 5.41) is 16.5. The lowest BCUT2D eigenvalue weighted by Gasteiger charge is -2.21. The molecule has 1 aliphatic rings. The summed E-state index contributed by atoms with van der Waals surface area (Å²) in [6.07, 6.45) is 1.66. The van der Waals surface area contributed by atoms with Gasteiger partial charge in [-0.2, -0.15) is 4.80 Å². The SMILES string of the molecule is CCC(C(=O)N1CCC(CNC)C1)n1nnc(-c2ccc(Cl)cc2)n1.Cl. The lowest BCUT2D eigenvalue weighted by atomic mass is 10.1. The Balaban J connectivity index is 0.00000243. The third-order valence-corrected chi connectivity index (χ3v) is 4.82. The van der Waals surface area contributed by atoms with Gasteiger partial charge in [-0.3, -0.25) is 4.79 Å². The zero-order valence-electron chi connectivity index (χ0n) is 14.9. The van der Waals surface area contributed by atoms with Crippen molar-refractivity contribution in [3.63, 3.8) is 0 Å². The molecule has 1 aromatic carbocycles. The first-order valence-corrected chi connectivity index (χ1v) is 8.99. The number of amides is 1. The summed E-state index contributed by atoms with van der Waals surface area (Å²) in [6.45, 7) is 4.48. The Morgan fingerprint density at radius 2 is 2.12 bits per heavy atom. The molecular formula is C17H24Cl2N6O. The van der Waals surface area contributed by atoms with E-state index in [1.54, 1.807) is 12.1 Å². The smallest absolute Gasteiger partial charge is 0.249 e.